The van der Waals surface area contributed by atoms with Gasteiger partial charge in [0.15, 0.2) is 0 Å². The van der Waals surface area contributed by atoms with E-state index in [1.165, 1.54) is 0 Å². The smallest absolute Gasteiger partial charge is 0.269 e. The summed E-state index contributed by atoms with van der Waals surface area (Å²) in [5.74, 6) is -0.160. The van der Waals surface area contributed by atoms with Gasteiger partial charge in [0.2, 0.25) is 0 Å². The molecule has 46 heavy (non-hydrogen) atoms. The number of fused-ring (bicyclic) bond motifs is 1. The van der Waals surface area contributed by atoms with Crippen molar-refractivity contribution in [2.75, 3.05) is 57.3 Å². The first kappa shape index (κ1) is 31.4. The zero-order valence-corrected chi connectivity index (χ0v) is 26.3. The molecule has 0 aliphatic carbocycles. The lowest BCUT2D eigenvalue weighted by Crippen LogP contribution is -2.46. The van der Waals surface area contributed by atoms with Crippen LogP contribution in [0.3, 0.4) is 0 Å². The molecule has 240 valence electrons. The molecule has 4 aromatic rings. The molecule has 1 aromatic carbocycles. The summed E-state index contributed by atoms with van der Waals surface area (Å²) in [5.41, 5.74) is 5.45. The number of aryl methyl sites for hydroxylation is 1. The van der Waals surface area contributed by atoms with Gasteiger partial charge in [-0.2, -0.15) is 0 Å². The predicted octanol–water partition coefficient (Wildman–Crippen LogP) is 3.25. The van der Waals surface area contributed by atoms with Gasteiger partial charge < -0.3 is 24.8 Å². The Morgan fingerprint density at radius 1 is 0.957 bits per heavy atom. The van der Waals surface area contributed by atoms with Crippen LogP contribution in [0, 0.1) is 0 Å². The van der Waals surface area contributed by atoms with Crippen molar-refractivity contribution in [1.29, 1.82) is 0 Å². The van der Waals surface area contributed by atoms with Crippen LogP contribution in [0.25, 0.3) is 11.0 Å². The second-order valence-corrected chi connectivity index (χ2v) is 11.9. The van der Waals surface area contributed by atoms with Crippen LogP contribution in [-0.4, -0.2) is 95.1 Å². The van der Waals surface area contributed by atoms with Crippen LogP contribution >= 0.6 is 0 Å². The van der Waals surface area contributed by atoms with Gasteiger partial charge >= 0.3 is 0 Å². The Morgan fingerprint density at radius 2 is 1.74 bits per heavy atom. The average molecular weight is 624 g/mol. The number of ether oxygens (including phenoxy) is 1. The van der Waals surface area contributed by atoms with Gasteiger partial charge in [0.1, 0.15) is 5.69 Å². The van der Waals surface area contributed by atoms with Crippen LogP contribution < -0.4 is 15.8 Å². The monoisotopic (exact) mass is 623 g/mol. The van der Waals surface area contributed by atoms with E-state index in [1.807, 2.05) is 66.6 Å². The summed E-state index contributed by atoms with van der Waals surface area (Å²) in [4.78, 5) is 56.0. The van der Waals surface area contributed by atoms with Gasteiger partial charge in [0, 0.05) is 69.7 Å². The van der Waals surface area contributed by atoms with Gasteiger partial charge in [-0.25, -0.2) is 4.98 Å². The number of H-pyrrole nitrogens is 1. The summed E-state index contributed by atoms with van der Waals surface area (Å²) < 4.78 is 5.98. The maximum Gasteiger partial charge on any atom is 0.269 e. The van der Waals surface area contributed by atoms with E-state index in [0.29, 0.717) is 43.9 Å². The summed E-state index contributed by atoms with van der Waals surface area (Å²) >= 11 is 0. The van der Waals surface area contributed by atoms with Crippen LogP contribution in [0.1, 0.15) is 51.7 Å². The van der Waals surface area contributed by atoms with E-state index in [-0.39, 0.29) is 23.5 Å². The molecule has 3 aromatic heterocycles. The van der Waals surface area contributed by atoms with E-state index in [1.54, 1.807) is 12.3 Å². The van der Waals surface area contributed by atoms with Gasteiger partial charge in [0.25, 0.3) is 17.4 Å². The second-order valence-electron chi connectivity index (χ2n) is 11.9. The number of hydrogen-bond donors (Lipinski definition) is 2. The van der Waals surface area contributed by atoms with Crippen LogP contribution in [0.5, 0.6) is 0 Å². The fourth-order valence-electron chi connectivity index (χ4n) is 6.12. The highest BCUT2D eigenvalue weighted by Crippen LogP contribution is 2.19. The number of carbonyl (C=O) groups is 2. The molecule has 0 radical (unpaired) electrons. The topological polar surface area (TPSA) is 124 Å². The van der Waals surface area contributed by atoms with E-state index in [4.69, 9.17) is 4.74 Å². The summed E-state index contributed by atoms with van der Waals surface area (Å²) in [6, 6.07) is 17.0. The highest BCUT2D eigenvalue weighted by atomic mass is 16.5. The van der Waals surface area contributed by atoms with Gasteiger partial charge in [-0.05, 0) is 61.2 Å². The molecule has 0 unspecified atom stereocenters. The third kappa shape index (κ3) is 7.60. The minimum Gasteiger partial charge on any atom is -0.376 e. The van der Waals surface area contributed by atoms with Crippen molar-refractivity contribution in [1.82, 2.24) is 30.1 Å². The molecule has 0 spiro atoms. The van der Waals surface area contributed by atoms with E-state index in [9.17, 15) is 14.4 Å². The van der Waals surface area contributed by atoms with E-state index >= 15 is 0 Å². The number of pyridine rings is 3. The Bertz CT molecular complexity index is 1690. The normalized spacial score (nSPS) is 16.1. The zero-order chi connectivity index (χ0) is 31.9. The Kier molecular flexibility index (Phi) is 10.00. The molecular formula is C35H41N7O4. The molecular weight excluding hydrogens is 582 g/mol. The number of piperazine rings is 1. The predicted molar refractivity (Wildman–Crippen MR) is 177 cm³/mol. The number of hydrogen-bond acceptors (Lipinski definition) is 8. The summed E-state index contributed by atoms with van der Waals surface area (Å²) in [6.45, 7) is 8.35. The Labute approximate surface area is 268 Å². The minimum atomic E-state index is -0.223. The molecule has 2 amide bonds. The van der Waals surface area contributed by atoms with Gasteiger partial charge in [-0.3, -0.25) is 24.3 Å². The first-order valence-electron chi connectivity index (χ1n) is 16.1. The largest absolute Gasteiger partial charge is 0.376 e. The van der Waals surface area contributed by atoms with Crippen molar-refractivity contribution in [3.05, 3.63) is 99.7 Å². The van der Waals surface area contributed by atoms with Crippen molar-refractivity contribution >= 4 is 28.5 Å². The van der Waals surface area contributed by atoms with E-state index in [2.05, 4.69) is 30.1 Å². The number of rotatable bonds is 10. The Morgan fingerprint density at radius 3 is 2.46 bits per heavy atom. The molecule has 0 atom stereocenters. The van der Waals surface area contributed by atoms with Crippen LogP contribution in [0.4, 0.5) is 5.69 Å². The minimum absolute atomic E-state index is 0.0457. The maximum absolute atomic E-state index is 12.7. The first-order chi connectivity index (χ1) is 22.5. The molecule has 2 fully saturated rings. The third-order valence-electron chi connectivity index (χ3n) is 8.82. The van der Waals surface area contributed by atoms with Crippen molar-refractivity contribution in [2.24, 2.45) is 0 Å². The number of carbonyl (C=O) groups excluding carboxylic acids is 2. The van der Waals surface area contributed by atoms with Gasteiger partial charge in [0.05, 0.1) is 35.6 Å². The lowest BCUT2D eigenvalue weighted by molar-refractivity contribution is 0.0101. The number of aromatic nitrogens is 3. The Hall–Kier alpha value is -4.61. The number of nitrogens with one attached hydrogen (secondary N) is 2. The summed E-state index contributed by atoms with van der Waals surface area (Å²) in [6.07, 6.45) is 5.99. The van der Waals surface area contributed by atoms with Crippen molar-refractivity contribution in [3.8, 4) is 0 Å². The average Bonchev–Trinajstić information content (AvgIpc) is 3.10. The summed E-state index contributed by atoms with van der Waals surface area (Å²) in [5, 5.41) is 2.90. The fourth-order valence-corrected chi connectivity index (χ4v) is 6.12. The standard InChI is InChI=1S/C35H41N7O4/c1-2-26-21-31-32(39-33(26)43)20-25(22-37-31)24-40-15-17-41(18-16-40)28-8-9-30(38-23-28)34(44)36-12-19-46-29-10-13-42(14-11-29)35(45)27-6-4-3-5-7-27/h3-9,20-23,29H,2,10-19,24H2,1H3,(H,36,44)(H,39,43). The molecule has 5 heterocycles. The zero-order valence-electron chi connectivity index (χ0n) is 26.3. The van der Waals surface area contributed by atoms with Gasteiger partial charge in [-0.1, -0.05) is 25.1 Å². The number of piperidine rings is 1. The second kappa shape index (κ2) is 14.7. The van der Waals surface area contributed by atoms with Crippen molar-refractivity contribution < 1.29 is 14.3 Å². The highest BCUT2D eigenvalue weighted by molar-refractivity contribution is 5.94. The van der Waals surface area contributed by atoms with Crippen LogP contribution in [-0.2, 0) is 17.7 Å². The van der Waals surface area contributed by atoms with Crippen molar-refractivity contribution in [3.63, 3.8) is 0 Å². The van der Waals surface area contributed by atoms with Gasteiger partial charge in [-0.15, -0.1) is 0 Å². The SMILES string of the molecule is CCc1cc2ncc(CN3CCN(c4ccc(C(=O)NCCOC5CCN(C(=O)c6ccccc6)CC5)nc4)CC3)cc2[nH]c1=O. The number of amides is 2. The molecule has 0 saturated carbocycles. The van der Waals surface area contributed by atoms with E-state index < -0.39 is 0 Å². The molecule has 6 rings (SSSR count). The molecule has 0 bridgehead atoms. The lowest BCUT2D eigenvalue weighted by Gasteiger charge is -2.36. The summed E-state index contributed by atoms with van der Waals surface area (Å²) in [7, 11) is 0. The molecule has 11 nitrogen and oxygen atoms in total. The lowest BCUT2D eigenvalue weighted by atomic mass is 10.1. The molecule has 11 heteroatoms. The number of nitrogens with zero attached hydrogens (tertiary/aromatic N) is 5. The third-order valence-corrected chi connectivity index (χ3v) is 8.82. The number of likely N-dealkylation sites (tertiary alicyclic amines) is 1. The highest BCUT2D eigenvalue weighted by Gasteiger charge is 2.24. The van der Waals surface area contributed by atoms with Crippen molar-refractivity contribution in [2.45, 2.75) is 38.8 Å². The molecule has 2 saturated heterocycles. The molecule has 2 aliphatic heterocycles. The maximum atomic E-state index is 12.7. The first-order valence-corrected chi connectivity index (χ1v) is 16.1. The number of aromatic amines is 1. The molecule has 2 aliphatic rings. The molecule has 2 N–H and O–H groups in total. The Balaban J connectivity index is 0.897. The fraction of sp³-hybridized carbons (Fsp3) is 0.400. The quantitative estimate of drug-likeness (QED) is 0.258. The number of anilines is 1. The van der Waals surface area contributed by atoms with Crippen LogP contribution in [0.2, 0.25) is 0 Å². The van der Waals surface area contributed by atoms with Crippen LogP contribution in [0.15, 0.2) is 71.8 Å². The van der Waals surface area contributed by atoms with E-state index in [0.717, 1.165) is 73.4 Å². The number of benzene rings is 1.